The van der Waals surface area contributed by atoms with Crippen LogP contribution in [0.1, 0.15) is 24.2 Å². The predicted molar refractivity (Wildman–Crippen MR) is 96.1 cm³/mol. The Labute approximate surface area is 150 Å². The van der Waals surface area contributed by atoms with E-state index in [2.05, 4.69) is 10.3 Å². The summed E-state index contributed by atoms with van der Waals surface area (Å²) in [6, 6.07) is 12.1. The fraction of sp³-hybridized carbons (Fsp3) is 0.211. The first-order chi connectivity index (χ1) is 12.6. The molecule has 26 heavy (non-hydrogen) atoms. The largest absolute Gasteiger partial charge is 0.490 e. The maximum atomic E-state index is 10.9. The number of carboxylic acid groups (broad SMARTS) is 1. The second-order valence-electron chi connectivity index (χ2n) is 5.43. The van der Waals surface area contributed by atoms with Gasteiger partial charge in [-0.15, -0.1) is 5.10 Å². The van der Waals surface area contributed by atoms with E-state index < -0.39 is 5.97 Å². The van der Waals surface area contributed by atoms with Crippen LogP contribution in [0, 0.1) is 0 Å². The maximum Gasteiger partial charge on any atom is 0.335 e. The second-order valence-corrected chi connectivity index (χ2v) is 5.43. The Bertz CT molecular complexity index is 903. The average Bonchev–Trinajstić information content (AvgIpc) is 3.14. The summed E-state index contributed by atoms with van der Waals surface area (Å²) in [4.78, 5) is 10.9. The molecular weight excluding hydrogens is 334 g/mol. The molecule has 2 aromatic carbocycles. The molecule has 0 amide bonds. The number of hydrogen-bond acceptors (Lipinski definition) is 5. The van der Waals surface area contributed by atoms with Crippen molar-refractivity contribution in [2.75, 3.05) is 13.2 Å². The first-order valence-electron chi connectivity index (χ1n) is 8.28. The van der Waals surface area contributed by atoms with Crippen LogP contribution < -0.4 is 9.47 Å². The molecule has 0 aliphatic rings. The molecule has 1 aromatic heterocycles. The van der Waals surface area contributed by atoms with Gasteiger partial charge < -0.3 is 14.6 Å². The highest BCUT2D eigenvalue weighted by Gasteiger charge is 2.11. The van der Waals surface area contributed by atoms with Gasteiger partial charge in [-0.25, -0.2) is 9.48 Å². The number of carbonyl (C=O) groups is 1. The van der Waals surface area contributed by atoms with Gasteiger partial charge in [0.2, 0.25) is 0 Å². The Hall–Kier alpha value is -3.35. The number of aromatic nitrogens is 3. The minimum Gasteiger partial charge on any atom is -0.490 e. The minimum absolute atomic E-state index is 0.224. The van der Waals surface area contributed by atoms with E-state index in [1.807, 2.05) is 32.0 Å². The van der Waals surface area contributed by atoms with Crippen molar-refractivity contribution < 1.29 is 19.4 Å². The minimum atomic E-state index is -0.964. The highest BCUT2D eigenvalue weighted by molar-refractivity contribution is 5.87. The number of aromatic carboxylic acids is 1. The lowest BCUT2D eigenvalue weighted by Gasteiger charge is -2.11. The van der Waals surface area contributed by atoms with E-state index in [1.54, 1.807) is 23.0 Å². The van der Waals surface area contributed by atoms with E-state index in [0.717, 1.165) is 11.3 Å². The molecule has 0 radical (unpaired) electrons. The van der Waals surface area contributed by atoms with Gasteiger partial charge in [0.1, 0.15) is 5.69 Å². The SMILES string of the molecule is CCOc1ccc(-c2cn(-c3ccc(C(=O)O)cc3)nn2)cc1OCC. The van der Waals surface area contributed by atoms with Crippen LogP contribution >= 0.6 is 0 Å². The van der Waals surface area contributed by atoms with Crippen LogP contribution in [0.25, 0.3) is 16.9 Å². The van der Waals surface area contributed by atoms with Gasteiger partial charge in [-0.1, -0.05) is 5.21 Å². The highest BCUT2D eigenvalue weighted by atomic mass is 16.5. The number of benzene rings is 2. The Morgan fingerprint density at radius 2 is 1.73 bits per heavy atom. The first kappa shape index (κ1) is 17.5. The molecule has 134 valence electrons. The summed E-state index contributed by atoms with van der Waals surface area (Å²) in [5.74, 6) is 0.385. The molecule has 0 bridgehead atoms. The van der Waals surface area contributed by atoms with E-state index >= 15 is 0 Å². The number of hydrogen-bond donors (Lipinski definition) is 1. The zero-order chi connectivity index (χ0) is 18.5. The lowest BCUT2D eigenvalue weighted by molar-refractivity contribution is 0.0697. The maximum absolute atomic E-state index is 10.9. The summed E-state index contributed by atoms with van der Waals surface area (Å²) in [6.45, 7) is 4.93. The quantitative estimate of drug-likeness (QED) is 0.700. The molecular formula is C19H19N3O4. The van der Waals surface area contributed by atoms with Gasteiger partial charge in [-0.05, 0) is 56.3 Å². The van der Waals surface area contributed by atoms with Crippen molar-refractivity contribution in [1.29, 1.82) is 0 Å². The predicted octanol–water partition coefficient (Wildman–Crippen LogP) is 3.43. The lowest BCUT2D eigenvalue weighted by atomic mass is 10.1. The molecule has 0 aliphatic carbocycles. The van der Waals surface area contributed by atoms with Crippen LogP contribution in [-0.4, -0.2) is 39.3 Å². The van der Waals surface area contributed by atoms with Crippen molar-refractivity contribution in [3.05, 3.63) is 54.2 Å². The second kappa shape index (κ2) is 7.69. The van der Waals surface area contributed by atoms with E-state index in [1.165, 1.54) is 12.1 Å². The third kappa shape index (κ3) is 3.66. The standard InChI is InChI=1S/C19H19N3O4/c1-3-25-17-10-7-14(11-18(17)26-4-2)16-12-22(21-20-16)15-8-5-13(6-9-15)19(23)24/h5-12H,3-4H2,1-2H3,(H,23,24). The van der Waals surface area contributed by atoms with Crippen LogP contribution in [0.4, 0.5) is 0 Å². The van der Waals surface area contributed by atoms with Crippen molar-refractivity contribution in [2.45, 2.75) is 13.8 Å². The number of nitrogens with zero attached hydrogens (tertiary/aromatic N) is 3. The number of rotatable bonds is 7. The van der Waals surface area contributed by atoms with Gasteiger partial charge in [-0.2, -0.15) is 0 Å². The van der Waals surface area contributed by atoms with Crippen molar-refractivity contribution in [1.82, 2.24) is 15.0 Å². The van der Waals surface area contributed by atoms with E-state index in [0.29, 0.717) is 30.4 Å². The molecule has 0 spiro atoms. The number of ether oxygens (including phenoxy) is 2. The van der Waals surface area contributed by atoms with Crippen LogP contribution in [0.2, 0.25) is 0 Å². The topological polar surface area (TPSA) is 86.5 Å². The summed E-state index contributed by atoms with van der Waals surface area (Å²) in [5, 5.41) is 17.3. The van der Waals surface area contributed by atoms with Gasteiger partial charge in [-0.3, -0.25) is 0 Å². The molecule has 0 fully saturated rings. The van der Waals surface area contributed by atoms with E-state index in [-0.39, 0.29) is 5.56 Å². The van der Waals surface area contributed by atoms with Gasteiger partial charge in [0.15, 0.2) is 11.5 Å². The Kier molecular flexibility index (Phi) is 5.17. The van der Waals surface area contributed by atoms with Crippen LogP contribution in [0.3, 0.4) is 0 Å². The highest BCUT2D eigenvalue weighted by Crippen LogP contribution is 2.32. The van der Waals surface area contributed by atoms with Crippen molar-refractivity contribution >= 4 is 5.97 Å². The Morgan fingerprint density at radius 3 is 2.38 bits per heavy atom. The molecule has 0 aliphatic heterocycles. The fourth-order valence-electron chi connectivity index (χ4n) is 2.49. The smallest absolute Gasteiger partial charge is 0.335 e. The fourth-order valence-corrected chi connectivity index (χ4v) is 2.49. The zero-order valence-electron chi connectivity index (χ0n) is 14.5. The van der Waals surface area contributed by atoms with Crippen molar-refractivity contribution in [2.24, 2.45) is 0 Å². The summed E-state index contributed by atoms with van der Waals surface area (Å²) in [6.07, 6.45) is 1.78. The van der Waals surface area contributed by atoms with Gasteiger partial charge in [0.25, 0.3) is 0 Å². The summed E-state index contributed by atoms with van der Waals surface area (Å²) >= 11 is 0. The lowest BCUT2D eigenvalue weighted by Crippen LogP contribution is -1.98. The molecule has 1 N–H and O–H groups in total. The molecule has 3 aromatic rings. The molecule has 0 atom stereocenters. The van der Waals surface area contributed by atoms with E-state index in [9.17, 15) is 4.79 Å². The molecule has 0 unspecified atom stereocenters. The van der Waals surface area contributed by atoms with Gasteiger partial charge >= 0.3 is 5.97 Å². The molecule has 3 rings (SSSR count). The van der Waals surface area contributed by atoms with E-state index in [4.69, 9.17) is 14.6 Å². The third-order valence-electron chi connectivity index (χ3n) is 3.71. The van der Waals surface area contributed by atoms with Crippen molar-refractivity contribution in [3.63, 3.8) is 0 Å². The Balaban J connectivity index is 1.89. The third-order valence-corrected chi connectivity index (χ3v) is 3.71. The van der Waals surface area contributed by atoms with Crippen molar-refractivity contribution in [3.8, 4) is 28.4 Å². The number of carboxylic acids is 1. The van der Waals surface area contributed by atoms with Crippen LogP contribution in [-0.2, 0) is 0 Å². The first-order valence-corrected chi connectivity index (χ1v) is 8.28. The summed E-state index contributed by atoms with van der Waals surface area (Å²) < 4.78 is 12.8. The van der Waals surface area contributed by atoms with Gasteiger partial charge in [0, 0.05) is 5.56 Å². The van der Waals surface area contributed by atoms with Gasteiger partial charge in [0.05, 0.1) is 30.7 Å². The zero-order valence-corrected chi connectivity index (χ0v) is 14.5. The Morgan fingerprint density at radius 1 is 1.04 bits per heavy atom. The molecule has 7 nitrogen and oxygen atoms in total. The molecule has 1 heterocycles. The summed E-state index contributed by atoms with van der Waals surface area (Å²) in [5.41, 5.74) is 2.48. The monoisotopic (exact) mass is 353 g/mol. The van der Waals surface area contributed by atoms with Crippen LogP contribution in [0.15, 0.2) is 48.7 Å². The average molecular weight is 353 g/mol. The normalized spacial score (nSPS) is 10.5. The molecule has 0 saturated heterocycles. The summed E-state index contributed by atoms with van der Waals surface area (Å²) in [7, 11) is 0. The molecule has 7 heteroatoms. The molecule has 0 saturated carbocycles. The van der Waals surface area contributed by atoms with Crippen LogP contribution in [0.5, 0.6) is 11.5 Å².